The van der Waals surface area contributed by atoms with E-state index in [2.05, 4.69) is 53.7 Å². The first-order chi connectivity index (χ1) is 7.50. The number of allylic oxidation sites excluding steroid dienone is 2. The summed E-state index contributed by atoms with van der Waals surface area (Å²) in [4.78, 5) is 0. The van der Waals surface area contributed by atoms with E-state index in [9.17, 15) is 0 Å². The van der Waals surface area contributed by atoms with Gasteiger partial charge in [0.25, 0.3) is 0 Å². The summed E-state index contributed by atoms with van der Waals surface area (Å²) in [6, 6.07) is 0. The molecule has 0 saturated heterocycles. The molecule has 0 fully saturated rings. The van der Waals surface area contributed by atoms with Crippen LogP contribution in [0.25, 0.3) is 0 Å². The lowest BCUT2D eigenvalue weighted by Gasteiger charge is -2.17. The Bertz CT molecular complexity index is 380. The summed E-state index contributed by atoms with van der Waals surface area (Å²) in [7, 11) is 0. The summed E-state index contributed by atoms with van der Waals surface area (Å²) < 4.78 is 0. The molecule has 0 unspecified atom stereocenters. The summed E-state index contributed by atoms with van der Waals surface area (Å²) in [5.74, 6) is 0. The van der Waals surface area contributed by atoms with Gasteiger partial charge >= 0.3 is 0 Å². The van der Waals surface area contributed by atoms with E-state index in [1.54, 1.807) is 0 Å². The Balaban J connectivity index is 3.23. The van der Waals surface area contributed by atoms with Crippen molar-refractivity contribution >= 4 is 0 Å². The van der Waals surface area contributed by atoms with Gasteiger partial charge in [-0.25, -0.2) is 0 Å². The molecule has 0 aliphatic heterocycles. The van der Waals surface area contributed by atoms with E-state index >= 15 is 0 Å². The average Bonchev–Trinajstić information content (AvgIpc) is 2.28. The van der Waals surface area contributed by atoms with E-state index < -0.39 is 0 Å². The van der Waals surface area contributed by atoms with E-state index in [0.717, 1.165) is 12.8 Å². The third kappa shape index (κ3) is 2.37. The maximum Gasteiger partial charge on any atom is -0.00920 e. The molecule has 0 heterocycles. The quantitative estimate of drug-likeness (QED) is 0.640. The molecule has 88 valence electrons. The van der Waals surface area contributed by atoms with Gasteiger partial charge in [-0.2, -0.15) is 0 Å². The minimum Gasteiger partial charge on any atom is -0.0885 e. The molecule has 0 aromatic heterocycles. The Labute approximate surface area is 100 Å². The zero-order valence-electron chi connectivity index (χ0n) is 11.6. The van der Waals surface area contributed by atoms with Crippen molar-refractivity contribution in [3.63, 3.8) is 0 Å². The molecule has 1 aromatic rings. The van der Waals surface area contributed by atoms with Crippen molar-refractivity contribution in [1.82, 2.24) is 0 Å². The van der Waals surface area contributed by atoms with Crippen LogP contribution in [0.5, 0.6) is 0 Å². The zero-order valence-corrected chi connectivity index (χ0v) is 11.6. The molecule has 0 amide bonds. The van der Waals surface area contributed by atoms with Crippen LogP contribution in [-0.2, 0) is 6.42 Å². The van der Waals surface area contributed by atoms with Gasteiger partial charge in [0.2, 0.25) is 0 Å². The van der Waals surface area contributed by atoms with E-state index in [-0.39, 0.29) is 0 Å². The van der Waals surface area contributed by atoms with Crippen molar-refractivity contribution in [3.8, 4) is 0 Å². The number of rotatable bonds is 3. The largest absolute Gasteiger partial charge is 0.0885 e. The molecule has 0 radical (unpaired) electrons. The van der Waals surface area contributed by atoms with Gasteiger partial charge in [-0.15, -0.1) is 0 Å². The molecule has 0 spiro atoms. The number of hydrogen-bond acceptors (Lipinski definition) is 0. The molecule has 0 aliphatic carbocycles. The molecular weight excluding hydrogens is 192 g/mol. The minimum atomic E-state index is 1.08. The normalized spacial score (nSPS) is 11.4. The molecule has 0 atom stereocenters. The minimum absolute atomic E-state index is 1.08. The van der Waals surface area contributed by atoms with Gasteiger partial charge in [0, 0.05) is 0 Å². The van der Waals surface area contributed by atoms with Gasteiger partial charge in [-0.3, -0.25) is 0 Å². The Morgan fingerprint density at radius 1 is 0.688 bits per heavy atom. The number of hydrogen-bond donors (Lipinski definition) is 0. The summed E-state index contributed by atoms with van der Waals surface area (Å²) in [5, 5.41) is 0. The average molecular weight is 216 g/mol. The lowest BCUT2D eigenvalue weighted by Crippen LogP contribution is -2.01. The van der Waals surface area contributed by atoms with Gasteiger partial charge in [-0.1, -0.05) is 19.1 Å². The maximum absolute atomic E-state index is 2.30. The van der Waals surface area contributed by atoms with Crippen LogP contribution >= 0.6 is 0 Å². The fourth-order valence-electron chi connectivity index (χ4n) is 2.25. The van der Waals surface area contributed by atoms with Crippen molar-refractivity contribution in [3.05, 3.63) is 45.5 Å². The highest BCUT2D eigenvalue weighted by Crippen LogP contribution is 2.26. The molecule has 16 heavy (non-hydrogen) atoms. The first-order valence-corrected chi connectivity index (χ1v) is 6.21. The Morgan fingerprint density at radius 3 is 1.56 bits per heavy atom. The van der Waals surface area contributed by atoms with Gasteiger partial charge in [-0.05, 0) is 80.8 Å². The molecule has 0 nitrogen and oxygen atoms in total. The fraction of sp³-hybridized carbons (Fsp3) is 0.500. The Kier molecular flexibility index (Phi) is 4.35. The van der Waals surface area contributed by atoms with Gasteiger partial charge < -0.3 is 0 Å². The summed E-state index contributed by atoms with van der Waals surface area (Å²) >= 11 is 0. The van der Waals surface area contributed by atoms with Gasteiger partial charge in [0.05, 0.1) is 0 Å². The van der Waals surface area contributed by atoms with Crippen molar-refractivity contribution in [1.29, 1.82) is 0 Å². The predicted octanol–water partition coefficient (Wildman–Crippen LogP) is 4.74. The van der Waals surface area contributed by atoms with E-state index in [0.29, 0.717) is 0 Å². The smallest absolute Gasteiger partial charge is 0.00920 e. The first-order valence-electron chi connectivity index (χ1n) is 6.21. The standard InChI is InChI=1S/C16H24/c1-7-8-9-10-16-14(5)12(3)11(2)13(4)15(16)6/h8-9H,7,10H2,1-6H3. The lowest BCUT2D eigenvalue weighted by molar-refractivity contribution is 1.08. The van der Waals surface area contributed by atoms with E-state index in [4.69, 9.17) is 0 Å². The second-order valence-electron chi connectivity index (χ2n) is 4.69. The van der Waals surface area contributed by atoms with Crippen molar-refractivity contribution < 1.29 is 0 Å². The van der Waals surface area contributed by atoms with Crippen LogP contribution < -0.4 is 0 Å². The molecule has 0 saturated carbocycles. The molecule has 1 rings (SSSR count). The molecule has 0 N–H and O–H groups in total. The third-order valence-corrected chi connectivity index (χ3v) is 3.88. The van der Waals surface area contributed by atoms with Crippen LogP contribution in [0.3, 0.4) is 0 Å². The van der Waals surface area contributed by atoms with E-state index in [1.165, 1.54) is 33.4 Å². The molecule has 0 bridgehead atoms. The highest BCUT2D eigenvalue weighted by atomic mass is 14.2. The highest BCUT2D eigenvalue weighted by Gasteiger charge is 2.10. The second-order valence-corrected chi connectivity index (χ2v) is 4.69. The summed E-state index contributed by atoms with van der Waals surface area (Å²) in [6.07, 6.45) is 6.75. The van der Waals surface area contributed by atoms with E-state index in [1.807, 2.05) is 0 Å². The van der Waals surface area contributed by atoms with Crippen LogP contribution in [-0.4, -0.2) is 0 Å². The van der Waals surface area contributed by atoms with Crippen LogP contribution in [0.4, 0.5) is 0 Å². The predicted molar refractivity (Wildman–Crippen MR) is 73.3 cm³/mol. The topological polar surface area (TPSA) is 0 Å². The van der Waals surface area contributed by atoms with Crippen molar-refractivity contribution in [2.75, 3.05) is 0 Å². The second kappa shape index (κ2) is 5.34. The molecule has 1 aromatic carbocycles. The van der Waals surface area contributed by atoms with Crippen LogP contribution in [0, 0.1) is 34.6 Å². The van der Waals surface area contributed by atoms with Crippen molar-refractivity contribution in [2.24, 2.45) is 0 Å². The first kappa shape index (κ1) is 13.0. The molecule has 0 heteroatoms. The SMILES string of the molecule is CCC=CCc1c(C)c(C)c(C)c(C)c1C. The van der Waals surface area contributed by atoms with Crippen LogP contribution in [0.2, 0.25) is 0 Å². The highest BCUT2D eigenvalue weighted by molar-refractivity contribution is 5.50. The van der Waals surface area contributed by atoms with Crippen LogP contribution in [0.15, 0.2) is 12.2 Å². The molecular formula is C16H24. The fourth-order valence-corrected chi connectivity index (χ4v) is 2.25. The lowest BCUT2D eigenvalue weighted by atomic mass is 9.88. The monoisotopic (exact) mass is 216 g/mol. The Hall–Kier alpha value is -1.04. The van der Waals surface area contributed by atoms with Gasteiger partial charge in [0.1, 0.15) is 0 Å². The van der Waals surface area contributed by atoms with Crippen LogP contribution in [0.1, 0.15) is 46.7 Å². The molecule has 0 aliphatic rings. The zero-order chi connectivity index (χ0) is 12.3. The third-order valence-electron chi connectivity index (χ3n) is 3.88. The van der Waals surface area contributed by atoms with Gasteiger partial charge in [0.15, 0.2) is 0 Å². The Morgan fingerprint density at radius 2 is 1.12 bits per heavy atom. The van der Waals surface area contributed by atoms with Crippen molar-refractivity contribution in [2.45, 2.75) is 54.4 Å². The summed E-state index contributed by atoms with van der Waals surface area (Å²) in [6.45, 7) is 13.4. The summed E-state index contributed by atoms with van der Waals surface area (Å²) in [5.41, 5.74) is 8.84. The maximum atomic E-state index is 2.30. The number of benzene rings is 1.